The summed E-state index contributed by atoms with van der Waals surface area (Å²) in [6.45, 7) is 7.88. The molecule has 3 N–H and O–H groups in total. The van der Waals surface area contributed by atoms with Crippen LogP contribution in [0, 0.1) is 5.92 Å². The van der Waals surface area contributed by atoms with Crippen LogP contribution in [0.5, 0.6) is 5.75 Å². The van der Waals surface area contributed by atoms with Gasteiger partial charge in [0.1, 0.15) is 11.6 Å². The molecule has 1 atom stereocenters. The molecule has 5 heteroatoms. The van der Waals surface area contributed by atoms with E-state index in [0.717, 1.165) is 32.0 Å². The van der Waals surface area contributed by atoms with Crippen LogP contribution in [-0.2, 0) is 0 Å². The van der Waals surface area contributed by atoms with Crippen molar-refractivity contribution in [2.24, 2.45) is 16.8 Å². The Morgan fingerprint density at radius 2 is 2.24 bits per heavy atom. The minimum Gasteiger partial charge on any atom is -0.493 e. The smallest absolute Gasteiger partial charge is 0.140 e. The molecule has 0 aromatic heterocycles. The zero-order valence-corrected chi connectivity index (χ0v) is 12.8. The quantitative estimate of drug-likeness (QED) is 0.350. The average Bonchev–Trinajstić information content (AvgIpc) is 2.87. The lowest BCUT2D eigenvalue weighted by molar-refractivity contribution is 0.216. The molecule has 0 amide bonds. The Bertz CT molecular complexity index is 488. The second-order valence-electron chi connectivity index (χ2n) is 6.04. The first-order valence-corrected chi connectivity index (χ1v) is 7.50. The van der Waals surface area contributed by atoms with Crippen LogP contribution in [0.4, 0.5) is 0 Å². The van der Waals surface area contributed by atoms with Gasteiger partial charge < -0.3 is 20.6 Å². The van der Waals surface area contributed by atoms with E-state index >= 15 is 0 Å². The van der Waals surface area contributed by atoms with Gasteiger partial charge in [-0.15, -0.1) is 0 Å². The standard InChI is InChI=1S/C16H25N3O2/c1-12(2)9-19(8-7-16(17)18-20)10-13-11-21-15-6-4-3-5-14(13)15/h3-6,12-13,20H,7-11H2,1-2H3,(H2,17,18). The van der Waals surface area contributed by atoms with Gasteiger partial charge in [-0.25, -0.2) is 0 Å². The molecule has 0 radical (unpaired) electrons. The van der Waals surface area contributed by atoms with Crippen molar-refractivity contribution in [3.05, 3.63) is 29.8 Å². The number of hydrogen-bond donors (Lipinski definition) is 2. The molecular weight excluding hydrogens is 266 g/mol. The van der Waals surface area contributed by atoms with Gasteiger partial charge in [0.2, 0.25) is 0 Å². The Labute approximate surface area is 126 Å². The average molecular weight is 291 g/mol. The summed E-state index contributed by atoms with van der Waals surface area (Å²) in [4.78, 5) is 2.37. The molecule has 5 nitrogen and oxygen atoms in total. The highest BCUT2D eigenvalue weighted by molar-refractivity contribution is 5.79. The Balaban J connectivity index is 1.98. The van der Waals surface area contributed by atoms with Crippen LogP contribution < -0.4 is 10.5 Å². The van der Waals surface area contributed by atoms with Gasteiger partial charge in [0.15, 0.2) is 0 Å². The second kappa shape index (κ2) is 7.31. The number of oxime groups is 1. The maximum absolute atomic E-state index is 8.67. The molecule has 0 saturated carbocycles. The summed E-state index contributed by atoms with van der Waals surface area (Å²) in [7, 11) is 0. The summed E-state index contributed by atoms with van der Waals surface area (Å²) >= 11 is 0. The number of hydrogen-bond acceptors (Lipinski definition) is 4. The van der Waals surface area contributed by atoms with Crippen molar-refractivity contribution in [2.45, 2.75) is 26.2 Å². The van der Waals surface area contributed by atoms with Crippen LogP contribution in [0.1, 0.15) is 31.7 Å². The minimum atomic E-state index is 0.284. The number of nitrogens with zero attached hydrogens (tertiary/aromatic N) is 2. The number of para-hydroxylation sites is 1. The van der Waals surface area contributed by atoms with Gasteiger partial charge in [-0.1, -0.05) is 37.2 Å². The first-order chi connectivity index (χ1) is 10.1. The molecule has 0 aliphatic carbocycles. The lowest BCUT2D eigenvalue weighted by Crippen LogP contribution is -2.35. The molecule has 1 aliphatic rings. The van der Waals surface area contributed by atoms with Crippen LogP contribution in [0.15, 0.2) is 29.4 Å². The molecular formula is C16H25N3O2. The van der Waals surface area contributed by atoms with E-state index in [1.54, 1.807) is 0 Å². The van der Waals surface area contributed by atoms with Crippen molar-refractivity contribution in [1.29, 1.82) is 0 Å². The molecule has 0 fully saturated rings. The topological polar surface area (TPSA) is 71.1 Å². The van der Waals surface area contributed by atoms with E-state index in [2.05, 4.69) is 36.0 Å². The summed E-state index contributed by atoms with van der Waals surface area (Å²) in [6.07, 6.45) is 0.582. The fourth-order valence-electron chi connectivity index (χ4n) is 2.79. The number of nitrogens with two attached hydrogens (primary N) is 1. The Morgan fingerprint density at radius 3 is 2.95 bits per heavy atom. The highest BCUT2D eigenvalue weighted by atomic mass is 16.5. The molecule has 1 aliphatic heterocycles. The molecule has 1 heterocycles. The zero-order valence-electron chi connectivity index (χ0n) is 12.8. The normalized spacial score (nSPS) is 18.1. The van der Waals surface area contributed by atoms with Crippen molar-refractivity contribution in [2.75, 3.05) is 26.2 Å². The molecule has 0 saturated heterocycles. The summed E-state index contributed by atoms with van der Waals surface area (Å²) < 4.78 is 5.75. The van der Waals surface area contributed by atoms with Gasteiger partial charge in [0.05, 0.1) is 6.61 Å². The molecule has 0 bridgehead atoms. The highest BCUT2D eigenvalue weighted by Gasteiger charge is 2.25. The van der Waals surface area contributed by atoms with Crippen LogP contribution in [0.2, 0.25) is 0 Å². The van der Waals surface area contributed by atoms with E-state index in [1.165, 1.54) is 5.56 Å². The first kappa shape index (κ1) is 15.6. The Morgan fingerprint density at radius 1 is 1.48 bits per heavy atom. The summed E-state index contributed by atoms with van der Waals surface area (Å²) in [6, 6.07) is 8.23. The van der Waals surface area contributed by atoms with Crippen molar-refractivity contribution in [1.82, 2.24) is 4.90 Å². The first-order valence-electron chi connectivity index (χ1n) is 7.50. The molecule has 2 rings (SSSR count). The summed E-state index contributed by atoms with van der Waals surface area (Å²) in [5.41, 5.74) is 6.87. The largest absolute Gasteiger partial charge is 0.493 e. The van der Waals surface area contributed by atoms with Crippen molar-refractivity contribution >= 4 is 5.84 Å². The summed E-state index contributed by atoms with van der Waals surface area (Å²) in [5, 5.41) is 11.7. The van der Waals surface area contributed by atoms with Gasteiger partial charge in [-0.05, 0) is 12.0 Å². The van der Waals surface area contributed by atoms with Crippen molar-refractivity contribution in [3.8, 4) is 5.75 Å². The molecule has 116 valence electrons. The fraction of sp³-hybridized carbons (Fsp3) is 0.562. The van der Waals surface area contributed by atoms with Crippen molar-refractivity contribution < 1.29 is 9.94 Å². The summed E-state index contributed by atoms with van der Waals surface area (Å²) in [5.74, 6) is 2.26. The maximum Gasteiger partial charge on any atom is 0.140 e. The van der Waals surface area contributed by atoms with Crippen LogP contribution in [-0.4, -0.2) is 42.2 Å². The SMILES string of the molecule is CC(C)CN(CCC(N)=NO)CC1COc2ccccc21. The lowest BCUT2D eigenvalue weighted by atomic mass is 10.00. The third kappa shape index (κ3) is 4.36. The zero-order chi connectivity index (χ0) is 15.2. The monoisotopic (exact) mass is 291 g/mol. The highest BCUT2D eigenvalue weighted by Crippen LogP contribution is 2.33. The fourth-order valence-corrected chi connectivity index (χ4v) is 2.79. The van der Waals surface area contributed by atoms with E-state index in [0.29, 0.717) is 18.3 Å². The van der Waals surface area contributed by atoms with Gasteiger partial charge in [0.25, 0.3) is 0 Å². The number of amidine groups is 1. The molecule has 1 aromatic rings. The predicted octanol–water partition coefficient (Wildman–Crippen LogP) is 2.26. The van der Waals surface area contributed by atoms with Crippen LogP contribution >= 0.6 is 0 Å². The van der Waals surface area contributed by atoms with Gasteiger partial charge in [-0.2, -0.15) is 0 Å². The van der Waals surface area contributed by atoms with E-state index in [-0.39, 0.29) is 5.84 Å². The lowest BCUT2D eigenvalue weighted by Gasteiger charge is -2.26. The maximum atomic E-state index is 8.67. The van der Waals surface area contributed by atoms with Crippen LogP contribution in [0.3, 0.4) is 0 Å². The third-order valence-corrected chi connectivity index (χ3v) is 3.71. The number of rotatable bonds is 7. The Kier molecular flexibility index (Phi) is 5.44. The molecule has 1 unspecified atom stereocenters. The van der Waals surface area contributed by atoms with E-state index in [9.17, 15) is 0 Å². The Hall–Kier alpha value is -1.75. The van der Waals surface area contributed by atoms with Crippen molar-refractivity contribution in [3.63, 3.8) is 0 Å². The molecule has 1 aromatic carbocycles. The minimum absolute atomic E-state index is 0.284. The van der Waals surface area contributed by atoms with E-state index in [1.807, 2.05) is 12.1 Å². The van der Waals surface area contributed by atoms with E-state index in [4.69, 9.17) is 15.7 Å². The number of benzene rings is 1. The molecule has 0 spiro atoms. The van der Waals surface area contributed by atoms with Crippen LogP contribution in [0.25, 0.3) is 0 Å². The van der Waals surface area contributed by atoms with Gasteiger partial charge >= 0.3 is 0 Å². The number of fused-ring (bicyclic) bond motifs is 1. The second-order valence-corrected chi connectivity index (χ2v) is 6.04. The van der Waals surface area contributed by atoms with E-state index < -0.39 is 0 Å². The third-order valence-electron chi connectivity index (χ3n) is 3.71. The predicted molar refractivity (Wildman–Crippen MR) is 84.0 cm³/mol. The van der Waals surface area contributed by atoms with Gasteiger partial charge in [-0.3, -0.25) is 0 Å². The number of ether oxygens (including phenoxy) is 1. The van der Waals surface area contributed by atoms with Gasteiger partial charge in [0, 0.05) is 37.5 Å². The molecule has 21 heavy (non-hydrogen) atoms.